The molecule has 0 aromatic heterocycles. The molecule has 1 fully saturated rings. The molecule has 1 aromatic carbocycles. The molecule has 0 amide bonds. The first-order valence-electron chi connectivity index (χ1n) is 7.06. The Morgan fingerprint density at radius 2 is 2.11 bits per heavy atom. The molecule has 0 aliphatic carbocycles. The molecule has 2 atom stereocenters. The molecule has 2 aliphatic heterocycles. The predicted octanol–water partition coefficient (Wildman–Crippen LogP) is 3.00. The van der Waals surface area contributed by atoms with E-state index in [2.05, 4.69) is 36.1 Å². The van der Waals surface area contributed by atoms with Crippen LogP contribution >= 0.6 is 11.8 Å². The summed E-state index contributed by atoms with van der Waals surface area (Å²) in [6.07, 6.45) is 2.62. The number of hydrogen-bond acceptors (Lipinski definition) is 4. The lowest BCUT2D eigenvalue weighted by atomic mass is 10.1. The fourth-order valence-electron chi connectivity index (χ4n) is 2.65. The second kappa shape index (κ2) is 6.06. The van der Waals surface area contributed by atoms with Crippen molar-refractivity contribution in [2.75, 3.05) is 24.7 Å². The molecule has 3 rings (SSSR count). The van der Waals surface area contributed by atoms with Crippen LogP contribution in [0.15, 0.2) is 18.2 Å². The molecule has 2 unspecified atom stereocenters. The quantitative estimate of drug-likeness (QED) is 0.921. The molecule has 0 radical (unpaired) electrons. The average Bonchev–Trinajstić information content (AvgIpc) is 2.48. The van der Waals surface area contributed by atoms with Gasteiger partial charge in [0, 0.05) is 17.8 Å². The molecule has 0 saturated carbocycles. The van der Waals surface area contributed by atoms with Gasteiger partial charge in [-0.15, -0.1) is 0 Å². The highest BCUT2D eigenvalue weighted by Gasteiger charge is 2.18. The van der Waals surface area contributed by atoms with Crippen molar-refractivity contribution in [3.8, 4) is 11.5 Å². The number of thioether (sulfide) groups is 1. The summed E-state index contributed by atoms with van der Waals surface area (Å²) in [6, 6.07) is 7.28. The van der Waals surface area contributed by atoms with Crippen LogP contribution in [0.2, 0.25) is 0 Å². The third kappa shape index (κ3) is 3.18. The lowest BCUT2D eigenvalue weighted by molar-refractivity contribution is 0.171. The van der Waals surface area contributed by atoms with E-state index in [1.807, 2.05) is 6.07 Å². The summed E-state index contributed by atoms with van der Waals surface area (Å²) in [5, 5.41) is 3.72. The third-order valence-electron chi connectivity index (χ3n) is 3.71. The second-order valence-corrected chi connectivity index (χ2v) is 6.36. The first-order chi connectivity index (χ1) is 9.33. The van der Waals surface area contributed by atoms with E-state index < -0.39 is 0 Å². The van der Waals surface area contributed by atoms with Gasteiger partial charge in [-0.2, -0.15) is 11.8 Å². The Bertz CT molecular complexity index is 432. The summed E-state index contributed by atoms with van der Waals surface area (Å²) in [4.78, 5) is 0. The smallest absolute Gasteiger partial charge is 0.161 e. The molecule has 1 aromatic rings. The molecule has 1 N–H and O–H groups in total. The maximum Gasteiger partial charge on any atom is 0.161 e. The molecule has 1 saturated heterocycles. The van der Waals surface area contributed by atoms with Crippen molar-refractivity contribution in [3.05, 3.63) is 23.8 Å². The summed E-state index contributed by atoms with van der Waals surface area (Å²) in [7, 11) is 0. The van der Waals surface area contributed by atoms with E-state index in [0.29, 0.717) is 25.3 Å². The Morgan fingerprint density at radius 3 is 2.89 bits per heavy atom. The van der Waals surface area contributed by atoms with E-state index in [9.17, 15) is 0 Å². The maximum absolute atomic E-state index is 5.65. The zero-order valence-electron chi connectivity index (χ0n) is 11.4. The molecular formula is C15H21NO2S. The highest BCUT2D eigenvalue weighted by molar-refractivity contribution is 7.99. The van der Waals surface area contributed by atoms with E-state index >= 15 is 0 Å². The number of rotatable bonds is 3. The topological polar surface area (TPSA) is 30.5 Å². The van der Waals surface area contributed by atoms with Crippen molar-refractivity contribution >= 4 is 11.8 Å². The lowest BCUT2D eigenvalue weighted by Gasteiger charge is -2.27. The van der Waals surface area contributed by atoms with Crippen LogP contribution in [0.4, 0.5) is 0 Å². The number of hydrogen-bond donors (Lipinski definition) is 1. The van der Waals surface area contributed by atoms with Crippen LogP contribution in [0.3, 0.4) is 0 Å². The predicted molar refractivity (Wildman–Crippen MR) is 79.3 cm³/mol. The normalized spacial score (nSPS) is 23.9. The van der Waals surface area contributed by atoms with Gasteiger partial charge in [0.25, 0.3) is 0 Å². The van der Waals surface area contributed by atoms with Crippen molar-refractivity contribution in [3.63, 3.8) is 0 Å². The van der Waals surface area contributed by atoms with Gasteiger partial charge in [0.15, 0.2) is 11.5 Å². The Morgan fingerprint density at radius 1 is 1.26 bits per heavy atom. The molecule has 3 nitrogen and oxygen atoms in total. The second-order valence-electron chi connectivity index (χ2n) is 5.21. The largest absolute Gasteiger partial charge is 0.486 e. The van der Waals surface area contributed by atoms with Gasteiger partial charge >= 0.3 is 0 Å². The fraction of sp³-hybridized carbons (Fsp3) is 0.600. The van der Waals surface area contributed by atoms with Gasteiger partial charge in [-0.25, -0.2) is 0 Å². The minimum absolute atomic E-state index is 0.361. The standard InChI is InChI=1S/C15H21NO2S/c1-11(16-13-3-2-8-19-10-13)12-4-5-14-15(9-12)18-7-6-17-14/h4-5,9,11,13,16H,2-3,6-8,10H2,1H3. The van der Waals surface area contributed by atoms with Crippen molar-refractivity contribution < 1.29 is 9.47 Å². The van der Waals surface area contributed by atoms with Crippen LogP contribution in [0.5, 0.6) is 11.5 Å². The highest BCUT2D eigenvalue weighted by atomic mass is 32.2. The molecule has 2 heterocycles. The maximum atomic E-state index is 5.65. The van der Waals surface area contributed by atoms with Crippen LogP contribution in [-0.4, -0.2) is 30.8 Å². The SMILES string of the molecule is CC(NC1CCCSC1)c1ccc2c(c1)OCCO2. The van der Waals surface area contributed by atoms with Crippen LogP contribution < -0.4 is 14.8 Å². The van der Waals surface area contributed by atoms with E-state index in [1.165, 1.54) is 29.9 Å². The van der Waals surface area contributed by atoms with Gasteiger partial charge < -0.3 is 14.8 Å². The number of benzene rings is 1. The summed E-state index contributed by atoms with van der Waals surface area (Å²) >= 11 is 2.06. The molecule has 0 spiro atoms. The van der Waals surface area contributed by atoms with E-state index in [1.54, 1.807) is 0 Å². The van der Waals surface area contributed by atoms with Gasteiger partial charge in [0.1, 0.15) is 13.2 Å². The zero-order valence-corrected chi connectivity index (χ0v) is 12.2. The molecule has 2 aliphatic rings. The monoisotopic (exact) mass is 279 g/mol. The Balaban J connectivity index is 1.67. The molecule has 19 heavy (non-hydrogen) atoms. The van der Waals surface area contributed by atoms with Gasteiger partial charge in [-0.3, -0.25) is 0 Å². The highest BCUT2D eigenvalue weighted by Crippen LogP contribution is 2.33. The summed E-state index contributed by atoms with van der Waals surface area (Å²) in [6.45, 7) is 3.53. The molecule has 0 bridgehead atoms. The van der Waals surface area contributed by atoms with Crippen molar-refractivity contribution in [2.45, 2.75) is 31.8 Å². The first kappa shape index (κ1) is 13.1. The first-order valence-corrected chi connectivity index (χ1v) is 8.22. The van der Waals surface area contributed by atoms with Crippen molar-refractivity contribution in [1.29, 1.82) is 0 Å². The minimum atomic E-state index is 0.361. The number of ether oxygens (including phenoxy) is 2. The average molecular weight is 279 g/mol. The Hall–Kier alpha value is -0.870. The minimum Gasteiger partial charge on any atom is -0.486 e. The van der Waals surface area contributed by atoms with Gasteiger partial charge in [-0.05, 0) is 43.2 Å². The van der Waals surface area contributed by atoms with E-state index in [-0.39, 0.29) is 0 Å². The van der Waals surface area contributed by atoms with Crippen LogP contribution in [0.25, 0.3) is 0 Å². The summed E-state index contributed by atoms with van der Waals surface area (Å²) in [5.41, 5.74) is 1.28. The van der Waals surface area contributed by atoms with Gasteiger partial charge in [-0.1, -0.05) is 6.07 Å². The number of nitrogens with one attached hydrogen (secondary N) is 1. The third-order valence-corrected chi connectivity index (χ3v) is 4.93. The Kier molecular flexibility index (Phi) is 4.18. The van der Waals surface area contributed by atoms with Gasteiger partial charge in [0.2, 0.25) is 0 Å². The molecule has 4 heteroatoms. The van der Waals surface area contributed by atoms with E-state index in [0.717, 1.165) is 11.5 Å². The summed E-state index contributed by atoms with van der Waals surface area (Å²) < 4.78 is 11.2. The van der Waals surface area contributed by atoms with Crippen LogP contribution in [-0.2, 0) is 0 Å². The fourth-order valence-corrected chi connectivity index (χ4v) is 3.74. The van der Waals surface area contributed by atoms with Gasteiger partial charge in [0.05, 0.1) is 0 Å². The van der Waals surface area contributed by atoms with Crippen LogP contribution in [0.1, 0.15) is 31.4 Å². The zero-order chi connectivity index (χ0) is 13.1. The van der Waals surface area contributed by atoms with E-state index in [4.69, 9.17) is 9.47 Å². The Labute approximate surface area is 119 Å². The molecular weight excluding hydrogens is 258 g/mol. The molecule has 104 valence electrons. The van der Waals surface area contributed by atoms with Crippen molar-refractivity contribution in [1.82, 2.24) is 5.32 Å². The van der Waals surface area contributed by atoms with Crippen LogP contribution in [0, 0.1) is 0 Å². The lowest BCUT2D eigenvalue weighted by Crippen LogP contribution is -2.35. The summed E-state index contributed by atoms with van der Waals surface area (Å²) in [5.74, 6) is 4.30. The van der Waals surface area contributed by atoms with Crippen molar-refractivity contribution in [2.24, 2.45) is 0 Å². The number of fused-ring (bicyclic) bond motifs is 1.